The quantitative estimate of drug-likeness (QED) is 0.603. The number of anilines is 1. The Labute approximate surface area is 149 Å². The van der Waals surface area contributed by atoms with Crippen LogP contribution in [0, 0.1) is 0 Å². The van der Waals surface area contributed by atoms with E-state index in [1.54, 1.807) is 11.3 Å². The van der Waals surface area contributed by atoms with Gasteiger partial charge in [0.2, 0.25) is 11.0 Å². The molecular weight excluding hydrogens is 340 g/mol. The van der Waals surface area contributed by atoms with E-state index in [4.69, 9.17) is 0 Å². The van der Waals surface area contributed by atoms with E-state index in [1.165, 1.54) is 16.0 Å². The van der Waals surface area contributed by atoms with Gasteiger partial charge in [-0.15, -0.1) is 21.5 Å². The van der Waals surface area contributed by atoms with Gasteiger partial charge in [0.25, 0.3) is 0 Å². The van der Waals surface area contributed by atoms with Crippen molar-refractivity contribution in [1.29, 1.82) is 0 Å². The summed E-state index contributed by atoms with van der Waals surface area (Å²) in [5, 5.41) is 13.6. The van der Waals surface area contributed by atoms with Crippen LogP contribution in [-0.2, 0) is 17.6 Å². The van der Waals surface area contributed by atoms with E-state index in [2.05, 4.69) is 33.5 Å². The van der Waals surface area contributed by atoms with Gasteiger partial charge in [0.15, 0.2) is 0 Å². The second-order valence-corrected chi connectivity index (χ2v) is 7.76. The molecule has 0 aliphatic carbocycles. The molecule has 5 nitrogen and oxygen atoms in total. The summed E-state index contributed by atoms with van der Waals surface area (Å²) in [6.07, 6.45) is 5.19. The highest BCUT2D eigenvalue weighted by Gasteiger charge is 2.08. The summed E-state index contributed by atoms with van der Waals surface area (Å²) in [4.78, 5) is 16.6. The van der Waals surface area contributed by atoms with Crippen LogP contribution in [0.4, 0.5) is 5.13 Å². The second-order valence-electron chi connectivity index (χ2n) is 5.58. The molecule has 0 radical (unpaired) electrons. The molecule has 1 N–H and O–H groups in total. The van der Waals surface area contributed by atoms with E-state index in [0.717, 1.165) is 47.6 Å². The molecule has 0 aliphatic rings. The summed E-state index contributed by atoms with van der Waals surface area (Å²) < 4.78 is 1.23. The number of para-hydroxylation sites is 1. The van der Waals surface area contributed by atoms with Gasteiger partial charge < -0.3 is 5.32 Å². The third kappa shape index (κ3) is 4.58. The number of amides is 1. The molecule has 3 aromatic rings. The Morgan fingerprint density at radius 1 is 1.08 bits per heavy atom. The number of thiazole rings is 1. The molecule has 7 heteroatoms. The number of hydrogen-bond acceptors (Lipinski definition) is 6. The minimum atomic E-state index is 0.0125. The number of nitrogens with one attached hydrogen (secondary N) is 1. The first-order valence-electron chi connectivity index (χ1n) is 8.21. The lowest BCUT2D eigenvalue weighted by atomic mass is 10.2. The first-order valence-corrected chi connectivity index (χ1v) is 9.84. The lowest BCUT2D eigenvalue weighted by molar-refractivity contribution is -0.116. The van der Waals surface area contributed by atoms with Crippen LogP contribution in [0.2, 0.25) is 0 Å². The van der Waals surface area contributed by atoms with Gasteiger partial charge in [0, 0.05) is 12.8 Å². The van der Waals surface area contributed by atoms with Crippen molar-refractivity contribution in [2.75, 3.05) is 5.32 Å². The predicted octanol–water partition coefficient (Wildman–Crippen LogP) is 4.45. The van der Waals surface area contributed by atoms with Crippen molar-refractivity contribution in [2.45, 2.75) is 45.4 Å². The first-order chi connectivity index (χ1) is 11.7. The van der Waals surface area contributed by atoms with Gasteiger partial charge in [0.1, 0.15) is 5.01 Å². The summed E-state index contributed by atoms with van der Waals surface area (Å²) in [6.45, 7) is 2.10. The molecule has 24 heavy (non-hydrogen) atoms. The van der Waals surface area contributed by atoms with Gasteiger partial charge in [-0.1, -0.05) is 30.4 Å². The fourth-order valence-electron chi connectivity index (χ4n) is 2.39. The number of nitrogens with zero attached hydrogens (tertiary/aromatic N) is 3. The average Bonchev–Trinajstić information content (AvgIpc) is 3.18. The van der Waals surface area contributed by atoms with Gasteiger partial charge in [0.05, 0.1) is 15.2 Å². The lowest BCUT2D eigenvalue weighted by Gasteiger charge is -2.00. The topological polar surface area (TPSA) is 67.8 Å². The first kappa shape index (κ1) is 17.0. The maximum absolute atomic E-state index is 11.9. The highest BCUT2D eigenvalue weighted by atomic mass is 32.1. The van der Waals surface area contributed by atoms with Crippen LogP contribution in [0.1, 0.15) is 42.6 Å². The zero-order valence-electron chi connectivity index (χ0n) is 13.6. The van der Waals surface area contributed by atoms with Crippen LogP contribution in [0.25, 0.3) is 10.2 Å². The Kier molecular flexibility index (Phi) is 5.87. The predicted molar refractivity (Wildman–Crippen MR) is 99.7 cm³/mol. The lowest BCUT2D eigenvalue weighted by Crippen LogP contribution is -2.10. The van der Waals surface area contributed by atoms with Gasteiger partial charge in [-0.25, -0.2) is 4.98 Å². The van der Waals surface area contributed by atoms with Crippen molar-refractivity contribution in [2.24, 2.45) is 0 Å². The molecule has 1 amide bonds. The molecule has 1 aromatic carbocycles. The summed E-state index contributed by atoms with van der Waals surface area (Å²) in [7, 11) is 0. The maximum atomic E-state index is 11.9. The Bertz CT molecular complexity index is 779. The molecule has 2 heterocycles. The third-order valence-corrected chi connectivity index (χ3v) is 5.55. The van der Waals surface area contributed by atoms with E-state index < -0.39 is 0 Å². The number of unbranched alkanes of at least 4 members (excludes halogenated alkanes) is 1. The largest absolute Gasteiger partial charge is 0.301 e. The SMILES string of the molecule is CCCc1nnc(NC(=O)CCCCc2nc3ccccc3s2)s1. The Hall–Kier alpha value is -1.86. The summed E-state index contributed by atoms with van der Waals surface area (Å²) in [5.41, 5.74) is 1.06. The van der Waals surface area contributed by atoms with E-state index >= 15 is 0 Å². The molecule has 0 atom stereocenters. The fraction of sp³-hybridized carbons (Fsp3) is 0.412. The molecule has 0 spiro atoms. The number of rotatable bonds is 8. The number of carbonyl (C=O) groups excluding carboxylic acids is 1. The number of benzene rings is 1. The third-order valence-electron chi connectivity index (χ3n) is 3.56. The number of carbonyl (C=O) groups is 1. The maximum Gasteiger partial charge on any atom is 0.226 e. The van der Waals surface area contributed by atoms with Crippen LogP contribution in [0.3, 0.4) is 0 Å². The molecule has 2 aromatic heterocycles. The Balaban J connectivity index is 1.40. The molecular formula is C17H20N4OS2. The van der Waals surface area contributed by atoms with E-state index in [0.29, 0.717) is 11.6 Å². The highest BCUT2D eigenvalue weighted by molar-refractivity contribution is 7.18. The molecule has 0 aliphatic heterocycles. The van der Waals surface area contributed by atoms with Crippen LogP contribution in [0.15, 0.2) is 24.3 Å². The standard InChI is InChI=1S/C17H20N4OS2/c1-2-7-16-20-21-17(24-16)19-14(22)10-5-6-11-15-18-12-8-3-4-9-13(12)23-15/h3-4,8-9H,2,5-7,10-11H2,1H3,(H,19,21,22). The molecule has 126 valence electrons. The van der Waals surface area contributed by atoms with Crippen LogP contribution >= 0.6 is 22.7 Å². The number of aromatic nitrogens is 3. The zero-order chi connectivity index (χ0) is 16.8. The van der Waals surface area contributed by atoms with Crippen LogP contribution in [0.5, 0.6) is 0 Å². The number of aryl methyl sites for hydroxylation is 2. The Morgan fingerprint density at radius 3 is 2.79 bits per heavy atom. The van der Waals surface area contributed by atoms with Crippen molar-refractivity contribution in [1.82, 2.24) is 15.2 Å². The van der Waals surface area contributed by atoms with Gasteiger partial charge in [-0.3, -0.25) is 4.79 Å². The van der Waals surface area contributed by atoms with Crippen molar-refractivity contribution in [3.05, 3.63) is 34.3 Å². The van der Waals surface area contributed by atoms with Gasteiger partial charge >= 0.3 is 0 Å². The number of hydrogen-bond donors (Lipinski definition) is 1. The summed E-state index contributed by atoms with van der Waals surface area (Å²) in [6, 6.07) is 8.18. The van der Waals surface area contributed by atoms with Gasteiger partial charge in [-0.05, 0) is 37.8 Å². The minimum Gasteiger partial charge on any atom is -0.301 e. The van der Waals surface area contributed by atoms with Crippen molar-refractivity contribution >= 4 is 43.9 Å². The summed E-state index contributed by atoms with van der Waals surface area (Å²) >= 11 is 3.20. The molecule has 0 fully saturated rings. The van der Waals surface area contributed by atoms with Gasteiger partial charge in [-0.2, -0.15) is 0 Å². The minimum absolute atomic E-state index is 0.0125. The monoisotopic (exact) mass is 360 g/mol. The molecule has 0 bridgehead atoms. The molecule has 0 saturated carbocycles. The van der Waals surface area contributed by atoms with E-state index in [-0.39, 0.29) is 5.91 Å². The fourth-order valence-corrected chi connectivity index (χ4v) is 4.26. The van der Waals surface area contributed by atoms with Crippen molar-refractivity contribution in [3.63, 3.8) is 0 Å². The highest BCUT2D eigenvalue weighted by Crippen LogP contribution is 2.23. The molecule has 0 unspecified atom stereocenters. The van der Waals surface area contributed by atoms with Crippen LogP contribution < -0.4 is 5.32 Å². The smallest absolute Gasteiger partial charge is 0.226 e. The molecule has 0 saturated heterocycles. The second kappa shape index (κ2) is 8.30. The summed E-state index contributed by atoms with van der Waals surface area (Å²) in [5.74, 6) is 0.0125. The van der Waals surface area contributed by atoms with Crippen molar-refractivity contribution in [3.8, 4) is 0 Å². The van der Waals surface area contributed by atoms with Crippen molar-refractivity contribution < 1.29 is 4.79 Å². The zero-order valence-corrected chi connectivity index (χ0v) is 15.3. The average molecular weight is 361 g/mol. The normalized spacial score (nSPS) is 11.0. The molecule has 3 rings (SSSR count). The number of fused-ring (bicyclic) bond motifs is 1. The van der Waals surface area contributed by atoms with Crippen LogP contribution in [-0.4, -0.2) is 21.1 Å². The van der Waals surface area contributed by atoms with E-state index in [9.17, 15) is 4.79 Å². The van der Waals surface area contributed by atoms with E-state index in [1.807, 2.05) is 18.2 Å². The Morgan fingerprint density at radius 2 is 1.96 bits per heavy atom.